The molecule has 0 aromatic rings. The van der Waals surface area contributed by atoms with Gasteiger partial charge in [-0.05, 0) is 6.20 Å². The Morgan fingerprint density at radius 3 is 2.90 bits per heavy atom. The van der Waals surface area contributed by atoms with E-state index in [4.69, 9.17) is 5.11 Å². The van der Waals surface area contributed by atoms with E-state index >= 15 is 0 Å². The van der Waals surface area contributed by atoms with Gasteiger partial charge in [-0.25, -0.2) is 4.79 Å². The van der Waals surface area contributed by atoms with E-state index in [1.165, 1.54) is 6.20 Å². The molecule has 0 bridgehead atoms. The Hall–Kier alpha value is -1.32. The zero-order chi connectivity index (χ0) is 7.56. The van der Waals surface area contributed by atoms with Gasteiger partial charge in [0.15, 0.2) is 11.8 Å². The number of Topliss-reactive ketones (excluding diaryl/α,β-unsaturated/α-hetero) is 1. The highest BCUT2D eigenvalue weighted by Crippen LogP contribution is 1.99. The first kappa shape index (κ1) is 6.80. The molecule has 0 aromatic heterocycles. The Balaban J connectivity index is 2.68. The van der Waals surface area contributed by atoms with Gasteiger partial charge < -0.3 is 10.4 Å². The molecule has 1 heterocycles. The van der Waals surface area contributed by atoms with Crippen molar-refractivity contribution < 1.29 is 14.7 Å². The van der Waals surface area contributed by atoms with Crippen molar-refractivity contribution in [2.24, 2.45) is 0 Å². The minimum atomic E-state index is -1.12. The number of carboxylic acids is 1. The number of aliphatic carboxylic acids is 1. The van der Waals surface area contributed by atoms with E-state index in [0.717, 1.165) is 0 Å². The number of nitrogens with one attached hydrogen (secondary N) is 1. The molecule has 1 aliphatic rings. The summed E-state index contributed by atoms with van der Waals surface area (Å²) < 4.78 is 0. The molecule has 1 atom stereocenters. The van der Waals surface area contributed by atoms with Crippen molar-refractivity contribution in [1.29, 1.82) is 0 Å². The molecule has 2 N–H and O–H groups in total. The van der Waals surface area contributed by atoms with Crippen LogP contribution >= 0.6 is 0 Å². The lowest BCUT2D eigenvalue weighted by molar-refractivity contribution is -0.143. The molecule has 0 amide bonds. The summed E-state index contributed by atoms with van der Waals surface area (Å²) in [6.07, 6.45) is 3.30. The summed E-state index contributed by atoms with van der Waals surface area (Å²) in [5, 5.41) is 10.8. The zero-order valence-corrected chi connectivity index (χ0v) is 5.20. The minimum absolute atomic E-state index is 0.212. The van der Waals surface area contributed by atoms with Gasteiger partial charge in [0, 0.05) is 6.42 Å². The summed E-state index contributed by atoms with van der Waals surface area (Å²) in [4.78, 5) is 21.0. The molecule has 1 aliphatic heterocycles. The van der Waals surface area contributed by atoms with E-state index in [-0.39, 0.29) is 12.2 Å². The first-order valence-electron chi connectivity index (χ1n) is 2.88. The highest BCUT2D eigenvalue weighted by molar-refractivity contribution is 6.03. The van der Waals surface area contributed by atoms with Crippen molar-refractivity contribution in [2.75, 3.05) is 0 Å². The van der Waals surface area contributed by atoms with Crippen LogP contribution in [0.25, 0.3) is 0 Å². The van der Waals surface area contributed by atoms with E-state index in [1.54, 1.807) is 6.08 Å². The fraction of sp³-hybridized carbons (Fsp3) is 0.333. The lowest BCUT2D eigenvalue weighted by Crippen LogP contribution is -2.42. The Labute approximate surface area is 57.5 Å². The van der Waals surface area contributed by atoms with Gasteiger partial charge in [0.1, 0.15) is 0 Å². The molecule has 0 spiro atoms. The third kappa shape index (κ3) is 1.15. The minimum Gasteiger partial charge on any atom is -0.479 e. The molecule has 0 fully saturated rings. The molecule has 4 heteroatoms. The molecule has 54 valence electrons. The number of ketones is 1. The third-order valence-electron chi connectivity index (χ3n) is 1.27. The largest absolute Gasteiger partial charge is 0.479 e. The number of allylic oxidation sites excluding steroid dienone is 1. The van der Waals surface area contributed by atoms with Crippen molar-refractivity contribution in [3.8, 4) is 0 Å². The quantitative estimate of drug-likeness (QED) is 0.484. The fourth-order valence-corrected chi connectivity index (χ4v) is 0.759. The van der Waals surface area contributed by atoms with Crippen LogP contribution in [-0.2, 0) is 9.59 Å². The monoisotopic (exact) mass is 141 g/mol. The van der Waals surface area contributed by atoms with Crippen LogP contribution in [0.5, 0.6) is 0 Å². The Kier molecular flexibility index (Phi) is 1.71. The number of carbonyl (C=O) groups excluding carboxylic acids is 1. The zero-order valence-electron chi connectivity index (χ0n) is 5.20. The van der Waals surface area contributed by atoms with E-state index in [0.29, 0.717) is 0 Å². The highest BCUT2D eigenvalue weighted by Gasteiger charge is 2.25. The van der Waals surface area contributed by atoms with Crippen LogP contribution in [-0.4, -0.2) is 22.9 Å². The smallest absolute Gasteiger partial charge is 0.333 e. The summed E-state index contributed by atoms with van der Waals surface area (Å²) in [5.74, 6) is -1.41. The maximum atomic E-state index is 10.7. The van der Waals surface area contributed by atoms with Gasteiger partial charge in [0.2, 0.25) is 0 Å². The summed E-state index contributed by atoms with van der Waals surface area (Å²) in [7, 11) is 0. The Bertz CT molecular complexity index is 197. The van der Waals surface area contributed by atoms with Gasteiger partial charge in [-0.2, -0.15) is 0 Å². The summed E-state index contributed by atoms with van der Waals surface area (Å²) in [6, 6.07) is -1.04. The van der Waals surface area contributed by atoms with Gasteiger partial charge in [-0.15, -0.1) is 0 Å². The van der Waals surface area contributed by atoms with Crippen molar-refractivity contribution in [3.63, 3.8) is 0 Å². The number of carboxylic acid groups (broad SMARTS) is 1. The normalized spacial score (nSPS) is 24.0. The van der Waals surface area contributed by atoms with Crippen LogP contribution in [0.1, 0.15) is 6.42 Å². The number of hydrogen-bond acceptors (Lipinski definition) is 3. The van der Waals surface area contributed by atoms with Gasteiger partial charge >= 0.3 is 5.97 Å². The third-order valence-corrected chi connectivity index (χ3v) is 1.27. The van der Waals surface area contributed by atoms with Crippen LogP contribution in [0.4, 0.5) is 0 Å². The molecule has 0 radical (unpaired) electrons. The lowest BCUT2D eigenvalue weighted by atomic mass is 10.1. The van der Waals surface area contributed by atoms with Crippen molar-refractivity contribution >= 4 is 11.8 Å². The maximum absolute atomic E-state index is 10.7. The van der Waals surface area contributed by atoms with Crippen molar-refractivity contribution in [1.82, 2.24) is 5.32 Å². The fourth-order valence-electron chi connectivity index (χ4n) is 0.759. The van der Waals surface area contributed by atoms with Crippen LogP contribution in [0, 0.1) is 0 Å². The first-order valence-corrected chi connectivity index (χ1v) is 2.88. The van der Waals surface area contributed by atoms with Crippen LogP contribution in [0.3, 0.4) is 0 Å². The summed E-state index contributed by atoms with van der Waals surface area (Å²) >= 11 is 0. The molecule has 0 saturated heterocycles. The molecule has 0 aromatic carbocycles. The van der Waals surface area contributed by atoms with Gasteiger partial charge in [0.05, 0.1) is 0 Å². The molecule has 10 heavy (non-hydrogen) atoms. The van der Waals surface area contributed by atoms with E-state index in [1.807, 2.05) is 0 Å². The van der Waals surface area contributed by atoms with Crippen LogP contribution < -0.4 is 5.32 Å². The second kappa shape index (κ2) is 2.51. The van der Waals surface area contributed by atoms with Gasteiger partial charge in [-0.1, -0.05) is 6.08 Å². The average molecular weight is 141 g/mol. The molecule has 0 saturated carbocycles. The van der Waals surface area contributed by atoms with Crippen LogP contribution in [0.2, 0.25) is 0 Å². The molecule has 0 aliphatic carbocycles. The van der Waals surface area contributed by atoms with Crippen molar-refractivity contribution in [2.45, 2.75) is 12.5 Å². The Morgan fingerprint density at radius 2 is 2.50 bits per heavy atom. The predicted molar refractivity (Wildman–Crippen MR) is 33.3 cm³/mol. The molecule has 1 rings (SSSR count). The van der Waals surface area contributed by atoms with E-state index in [9.17, 15) is 9.59 Å². The maximum Gasteiger partial charge on any atom is 0.333 e. The predicted octanol–water partition coefficient (Wildman–Crippen LogP) is -0.484. The first-order chi connectivity index (χ1) is 4.72. The molecular formula is C6H7NO3. The highest BCUT2D eigenvalue weighted by atomic mass is 16.4. The van der Waals surface area contributed by atoms with Gasteiger partial charge in [-0.3, -0.25) is 4.79 Å². The molecular weight excluding hydrogens is 134 g/mol. The number of carbonyl (C=O) groups is 2. The van der Waals surface area contributed by atoms with Crippen molar-refractivity contribution in [3.05, 3.63) is 12.3 Å². The molecule has 1 unspecified atom stereocenters. The average Bonchev–Trinajstić information content (AvgIpc) is 1.88. The van der Waals surface area contributed by atoms with E-state index < -0.39 is 12.0 Å². The van der Waals surface area contributed by atoms with Gasteiger partial charge in [0.25, 0.3) is 0 Å². The number of rotatable bonds is 1. The standard InChI is InChI=1S/C6H7NO3/c8-4-2-1-3-7-5(4)6(9)10/h1,3,5,7H,2H2,(H,9,10). The number of hydrogen-bond donors (Lipinski definition) is 2. The summed E-state index contributed by atoms with van der Waals surface area (Å²) in [5.41, 5.74) is 0. The second-order valence-electron chi connectivity index (χ2n) is 2.01. The lowest BCUT2D eigenvalue weighted by Gasteiger charge is -2.13. The second-order valence-corrected chi connectivity index (χ2v) is 2.01. The van der Waals surface area contributed by atoms with Crippen LogP contribution in [0.15, 0.2) is 12.3 Å². The Morgan fingerprint density at radius 1 is 1.80 bits per heavy atom. The molecule has 4 nitrogen and oxygen atoms in total. The summed E-state index contributed by atoms with van der Waals surface area (Å²) in [6.45, 7) is 0. The SMILES string of the molecule is O=C(O)C1NC=CCC1=O. The topological polar surface area (TPSA) is 66.4 Å². The van der Waals surface area contributed by atoms with E-state index in [2.05, 4.69) is 5.32 Å².